The molecule has 3 atom stereocenters. The highest BCUT2D eigenvalue weighted by Crippen LogP contribution is 2.33. The minimum Gasteiger partial charge on any atom is -0.461 e. The number of carbonyl (C=O) groups excluding carboxylic acids is 1. The van der Waals surface area contributed by atoms with Crippen LogP contribution in [-0.4, -0.2) is 29.8 Å². The fourth-order valence-corrected chi connectivity index (χ4v) is 2.50. The molecule has 1 aromatic rings. The minimum atomic E-state index is -0.231. The first-order chi connectivity index (χ1) is 8.25. The molecule has 2 saturated heterocycles. The Morgan fingerprint density at radius 1 is 1.35 bits per heavy atom. The highest BCUT2D eigenvalue weighted by molar-refractivity contribution is 5.78. The number of ether oxygens (including phenoxy) is 1. The van der Waals surface area contributed by atoms with Crippen LogP contribution in [0, 0.1) is 5.92 Å². The quantitative estimate of drug-likeness (QED) is 0.723. The van der Waals surface area contributed by atoms with Gasteiger partial charge in [-0.15, -0.1) is 0 Å². The molecule has 0 aromatic heterocycles. The summed E-state index contributed by atoms with van der Waals surface area (Å²) in [5.74, 6) is 0.0159. The number of benzene rings is 1. The van der Waals surface area contributed by atoms with Gasteiger partial charge in [0.1, 0.15) is 12.1 Å². The number of rotatable bonds is 2. The number of fused-ring (bicyclic) bond motifs is 1. The molecule has 0 saturated carbocycles. The summed E-state index contributed by atoms with van der Waals surface area (Å²) in [6, 6.07) is 9.77. The third-order valence-corrected chi connectivity index (χ3v) is 3.48. The molecule has 2 aliphatic rings. The van der Waals surface area contributed by atoms with Gasteiger partial charge in [0.05, 0.1) is 13.2 Å². The van der Waals surface area contributed by atoms with E-state index in [2.05, 4.69) is 0 Å². The van der Waals surface area contributed by atoms with Gasteiger partial charge in [-0.3, -0.25) is 9.63 Å². The molecule has 4 nitrogen and oxygen atoms in total. The van der Waals surface area contributed by atoms with Gasteiger partial charge in [-0.05, 0) is 12.5 Å². The molecule has 0 spiro atoms. The van der Waals surface area contributed by atoms with Crippen LogP contribution in [0.25, 0.3) is 0 Å². The average molecular weight is 233 g/mol. The van der Waals surface area contributed by atoms with Gasteiger partial charge in [0.15, 0.2) is 0 Å². The number of cyclic esters (lactones) is 1. The highest BCUT2D eigenvalue weighted by atomic mass is 16.7. The Labute approximate surface area is 100 Å². The zero-order valence-electron chi connectivity index (χ0n) is 9.70. The summed E-state index contributed by atoms with van der Waals surface area (Å²) in [6.07, 6.45) is -0.0340. The number of nitrogens with zero attached hydrogens (tertiary/aromatic N) is 1. The van der Waals surface area contributed by atoms with Crippen LogP contribution in [0.1, 0.15) is 12.5 Å². The molecule has 2 fully saturated rings. The Kier molecular flexibility index (Phi) is 2.61. The zero-order valence-corrected chi connectivity index (χ0v) is 9.70. The SMILES string of the molecule is C[C@H]1OC(=O)[C@H]2[C@@H]1CON2Cc1ccccc1. The second-order valence-electron chi connectivity index (χ2n) is 4.61. The molecule has 3 rings (SSSR count). The number of hydroxylamine groups is 2. The van der Waals surface area contributed by atoms with Gasteiger partial charge in [0, 0.05) is 5.92 Å². The summed E-state index contributed by atoms with van der Waals surface area (Å²) in [5.41, 5.74) is 1.14. The molecule has 2 heterocycles. The largest absolute Gasteiger partial charge is 0.461 e. The first kappa shape index (κ1) is 10.7. The molecule has 4 heteroatoms. The van der Waals surface area contributed by atoms with Gasteiger partial charge >= 0.3 is 5.97 Å². The number of esters is 1. The molecule has 0 aliphatic carbocycles. The van der Waals surface area contributed by atoms with Crippen molar-refractivity contribution in [2.45, 2.75) is 25.6 Å². The van der Waals surface area contributed by atoms with E-state index in [-0.39, 0.29) is 24.0 Å². The summed E-state index contributed by atoms with van der Waals surface area (Å²) in [7, 11) is 0. The van der Waals surface area contributed by atoms with Crippen molar-refractivity contribution in [3.05, 3.63) is 35.9 Å². The molecule has 2 aliphatic heterocycles. The van der Waals surface area contributed by atoms with Crippen LogP contribution in [0.4, 0.5) is 0 Å². The van der Waals surface area contributed by atoms with Crippen LogP contribution in [0.15, 0.2) is 30.3 Å². The topological polar surface area (TPSA) is 38.8 Å². The maximum Gasteiger partial charge on any atom is 0.326 e. The van der Waals surface area contributed by atoms with Gasteiger partial charge in [-0.1, -0.05) is 30.3 Å². The molecule has 0 amide bonds. The van der Waals surface area contributed by atoms with Crippen molar-refractivity contribution in [3.8, 4) is 0 Å². The van der Waals surface area contributed by atoms with Gasteiger partial charge < -0.3 is 4.74 Å². The van der Waals surface area contributed by atoms with E-state index in [1.165, 1.54) is 0 Å². The Bertz CT molecular complexity index is 420. The van der Waals surface area contributed by atoms with E-state index in [4.69, 9.17) is 9.57 Å². The van der Waals surface area contributed by atoms with Crippen molar-refractivity contribution < 1.29 is 14.4 Å². The third-order valence-electron chi connectivity index (χ3n) is 3.48. The number of carbonyl (C=O) groups is 1. The summed E-state index contributed by atoms with van der Waals surface area (Å²) in [4.78, 5) is 17.3. The van der Waals surface area contributed by atoms with Crippen molar-refractivity contribution in [1.82, 2.24) is 5.06 Å². The lowest BCUT2D eigenvalue weighted by Gasteiger charge is -2.18. The van der Waals surface area contributed by atoms with Gasteiger partial charge in [-0.2, -0.15) is 5.06 Å². The van der Waals surface area contributed by atoms with E-state index in [1.54, 1.807) is 5.06 Å². The average Bonchev–Trinajstić information content (AvgIpc) is 2.85. The monoisotopic (exact) mass is 233 g/mol. The lowest BCUT2D eigenvalue weighted by Crippen LogP contribution is -2.35. The predicted molar refractivity (Wildman–Crippen MR) is 60.8 cm³/mol. The van der Waals surface area contributed by atoms with Crippen molar-refractivity contribution in [2.75, 3.05) is 6.61 Å². The van der Waals surface area contributed by atoms with Crippen LogP contribution in [0.5, 0.6) is 0 Å². The second-order valence-corrected chi connectivity index (χ2v) is 4.61. The molecule has 90 valence electrons. The Balaban J connectivity index is 1.75. The van der Waals surface area contributed by atoms with Crippen molar-refractivity contribution in [2.24, 2.45) is 5.92 Å². The summed E-state index contributed by atoms with van der Waals surface area (Å²) >= 11 is 0. The number of hydrogen-bond acceptors (Lipinski definition) is 4. The fraction of sp³-hybridized carbons (Fsp3) is 0.462. The van der Waals surface area contributed by atoms with Crippen LogP contribution in [0.2, 0.25) is 0 Å². The van der Waals surface area contributed by atoms with Gasteiger partial charge in [-0.25, -0.2) is 0 Å². The molecule has 0 N–H and O–H groups in total. The lowest BCUT2D eigenvalue weighted by atomic mass is 9.99. The van der Waals surface area contributed by atoms with Crippen LogP contribution in [0.3, 0.4) is 0 Å². The van der Waals surface area contributed by atoms with E-state index < -0.39 is 0 Å². The standard InChI is InChI=1S/C13H15NO3/c1-9-11-8-16-14(12(11)13(15)17-9)7-10-5-3-2-4-6-10/h2-6,9,11-12H,7-8H2,1H3/t9-,11-,12-/m1/s1. The first-order valence-corrected chi connectivity index (χ1v) is 5.89. The summed E-state index contributed by atoms with van der Waals surface area (Å²) in [6.45, 7) is 3.13. The molecule has 17 heavy (non-hydrogen) atoms. The van der Waals surface area contributed by atoms with Crippen LogP contribution < -0.4 is 0 Å². The Morgan fingerprint density at radius 3 is 2.88 bits per heavy atom. The second kappa shape index (κ2) is 4.13. The normalized spacial score (nSPS) is 32.5. The van der Waals surface area contributed by atoms with Gasteiger partial charge in [0.2, 0.25) is 0 Å². The van der Waals surface area contributed by atoms with E-state index >= 15 is 0 Å². The van der Waals surface area contributed by atoms with E-state index in [0.717, 1.165) is 5.56 Å². The smallest absolute Gasteiger partial charge is 0.326 e. The van der Waals surface area contributed by atoms with Crippen molar-refractivity contribution in [3.63, 3.8) is 0 Å². The molecule has 0 radical (unpaired) electrons. The van der Waals surface area contributed by atoms with Crippen molar-refractivity contribution in [1.29, 1.82) is 0 Å². The summed E-state index contributed by atoms with van der Waals surface area (Å²) in [5, 5.41) is 1.76. The third kappa shape index (κ3) is 1.83. The first-order valence-electron chi connectivity index (χ1n) is 5.89. The van der Waals surface area contributed by atoms with E-state index in [0.29, 0.717) is 13.2 Å². The Hall–Kier alpha value is -1.39. The maximum absolute atomic E-state index is 11.7. The molecule has 0 unspecified atom stereocenters. The fourth-order valence-electron chi connectivity index (χ4n) is 2.50. The summed E-state index contributed by atoms with van der Waals surface area (Å²) < 4.78 is 5.24. The zero-order chi connectivity index (χ0) is 11.8. The van der Waals surface area contributed by atoms with Gasteiger partial charge in [0.25, 0.3) is 0 Å². The molecular weight excluding hydrogens is 218 g/mol. The molecular formula is C13H15NO3. The number of hydrogen-bond donors (Lipinski definition) is 0. The van der Waals surface area contributed by atoms with Crippen LogP contribution >= 0.6 is 0 Å². The van der Waals surface area contributed by atoms with Crippen LogP contribution in [-0.2, 0) is 20.9 Å². The van der Waals surface area contributed by atoms with Crippen molar-refractivity contribution >= 4 is 5.97 Å². The predicted octanol–water partition coefficient (Wildman–Crippen LogP) is 1.36. The highest BCUT2D eigenvalue weighted by Gasteiger charge is 2.51. The van der Waals surface area contributed by atoms with E-state index in [9.17, 15) is 4.79 Å². The minimum absolute atomic E-state index is 0.0340. The lowest BCUT2D eigenvalue weighted by molar-refractivity contribution is -0.173. The Morgan fingerprint density at radius 2 is 2.12 bits per heavy atom. The molecule has 1 aromatic carbocycles. The maximum atomic E-state index is 11.7. The molecule has 0 bridgehead atoms. The van der Waals surface area contributed by atoms with E-state index in [1.807, 2.05) is 37.3 Å².